The Labute approximate surface area is 93.7 Å². The first-order valence-corrected chi connectivity index (χ1v) is 4.75. The van der Waals surface area contributed by atoms with Crippen LogP contribution in [0.4, 0.5) is 4.79 Å². The third-order valence-electron chi connectivity index (χ3n) is 1.38. The van der Waals surface area contributed by atoms with Crippen molar-refractivity contribution in [3.63, 3.8) is 0 Å². The van der Waals surface area contributed by atoms with Gasteiger partial charge in [0.1, 0.15) is 6.61 Å². The van der Waals surface area contributed by atoms with Crippen LogP contribution in [0, 0.1) is 0 Å². The van der Waals surface area contributed by atoms with Gasteiger partial charge < -0.3 is 19.4 Å². The fourth-order valence-electron chi connectivity index (χ4n) is 0.637. The van der Waals surface area contributed by atoms with E-state index in [0.717, 1.165) is 0 Å². The van der Waals surface area contributed by atoms with Crippen LogP contribution < -0.4 is 5.32 Å². The number of ether oxygens (including phenoxy) is 1. The van der Waals surface area contributed by atoms with Crippen LogP contribution >= 0.6 is 0 Å². The zero-order chi connectivity index (χ0) is 12.4. The molecular formula is C8H14BNO6. The third-order valence-corrected chi connectivity index (χ3v) is 1.38. The number of carbonyl (C=O) groups is 3. The van der Waals surface area contributed by atoms with Crippen LogP contribution in [0.5, 0.6) is 0 Å². The van der Waals surface area contributed by atoms with Crippen molar-refractivity contribution in [2.24, 2.45) is 0 Å². The molecule has 0 bridgehead atoms. The van der Waals surface area contributed by atoms with Gasteiger partial charge >= 0.3 is 19.7 Å². The van der Waals surface area contributed by atoms with E-state index in [1.165, 1.54) is 6.92 Å². The first-order valence-electron chi connectivity index (χ1n) is 4.75. The first-order chi connectivity index (χ1) is 7.56. The largest absolute Gasteiger partial charge is 0.581 e. The number of esters is 1. The van der Waals surface area contributed by atoms with Crippen LogP contribution in [0.2, 0.25) is 0 Å². The highest BCUT2D eigenvalue weighted by atomic mass is 16.6. The van der Waals surface area contributed by atoms with Gasteiger partial charge in [-0.15, -0.1) is 0 Å². The Hall–Kier alpha value is -1.73. The van der Waals surface area contributed by atoms with Crippen LogP contribution in [0.15, 0.2) is 0 Å². The van der Waals surface area contributed by atoms with Crippen molar-refractivity contribution >= 4 is 25.7 Å². The monoisotopic (exact) mass is 231 g/mol. The Kier molecular flexibility index (Phi) is 7.65. The summed E-state index contributed by atoms with van der Waals surface area (Å²) in [5.41, 5.74) is 0. The molecule has 0 heterocycles. The molecule has 8 heteroatoms. The number of amides is 1. The van der Waals surface area contributed by atoms with Gasteiger partial charge in [0.2, 0.25) is 0 Å². The predicted octanol–water partition coefficient (Wildman–Crippen LogP) is -0.505. The molecule has 0 aliphatic carbocycles. The SMILES string of the molecule is CCC(=O)OCCNC(=O)OBOC(C)=O. The lowest BCUT2D eigenvalue weighted by Crippen LogP contribution is -2.30. The van der Waals surface area contributed by atoms with Crippen LogP contribution in [-0.2, 0) is 23.6 Å². The standard InChI is InChI=1S/C8H14BNO6/c1-3-7(12)14-5-4-10-8(13)16-9-15-6(2)11/h9H,3-5H2,1-2H3,(H,10,13). The Morgan fingerprint density at radius 2 is 1.94 bits per heavy atom. The van der Waals surface area contributed by atoms with Crippen LogP contribution in [-0.4, -0.2) is 38.9 Å². The van der Waals surface area contributed by atoms with E-state index in [1.807, 2.05) is 0 Å². The first kappa shape index (κ1) is 14.3. The Bertz CT molecular complexity index is 257. The second-order valence-electron chi connectivity index (χ2n) is 2.69. The molecule has 0 fully saturated rings. The molecule has 0 atom stereocenters. The van der Waals surface area contributed by atoms with E-state index in [1.54, 1.807) is 6.92 Å². The fourth-order valence-corrected chi connectivity index (χ4v) is 0.637. The second kappa shape index (κ2) is 8.57. The minimum atomic E-state index is -0.742. The molecule has 0 aromatic heterocycles. The quantitative estimate of drug-likeness (QED) is 0.376. The van der Waals surface area contributed by atoms with Gasteiger partial charge in [-0.3, -0.25) is 9.59 Å². The topological polar surface area (TPSA) is 90.9 Å². The maximum atomic E-state index is 10.9. The Morgan fingerprint density at radius 3 is 2.50 bits per heavy atom. The zero-order valence-electron chi connectivity index (χ0n) is 9.28. The van der Waals surface area contributed by atoms with E-state index in [2.05, 4.69) is 19.4 Å². The summed E-state index contributed by atoms with van der Waals surface area (Å²) in [6.45, 7) is 3.09. The number of rotatable bonds is 6. The van der Waals surface area contributed by atoms with Gasteiger partial charge in [0.05, 0.1) is 6.54 Å². The van der Waals surface area contributed by atoms with Gasteiger partial charge in [0.25, 0.3) is 5.97 Å². The highest BCUT2D eigenvalue weighted by molar-refractivity contribution is 6.25. The summed E-state index contributed by atoms with van der Waals surface area (Å²) in [5.74, 6) is -0.875. The van der Waals surface area contributed by atoms with Gasteiger partial charge in [-0.05, 0) is 0 Å². The van der Waals surface area contributed by atoms with Gasteiger partial charge in [-0.25, -0.2) is 4.79 Å². The van der Waals surface area contributed by atoms with Crippen LogP contribution in [0.3, 0.4) is 0 Å². The smallest absolute Gasteiger partial charge is 0.502 e. The molecule has 90 valence electrons. The maximum Gasteiger partial charge on any atom is 0.581 e. The molecular weight excluding hydrogens is 217 g/mol. The van der Waals surface area contributed by atoms with Gasteiger partial charge in [-0.2, -0.15) is 0 Å². The van der Waals surface area contributed by atoms with Crippen molar-refractivity contribution in [2.75, 3.05) is 13.2 Å². The van der Waals surface area contributed by atoms with Crippen molar-refractivity contribution in [1.82, 2.24) is 5.32 Å². The summed E-state index contributed by atoms with van der Waals surface area (Å²) in [7, 11) is -0.435. The number of carbonyl (C=O) groups excluding carboxylic acids is 3. The van der Waals surface area contributed by atoms with Crippen LogP contribution in [0.1, 0.15) is 20.3 Å². The summed E-state index contributed by atoms with van der Waals surface area (Å²) in [5, 5.41) is 2.31. The lowest BCUT2D eigenvalue weighted by atomic mass is 10.4. The average Bonchev–Trinajstić information content (AvgIpc) is 2.23. The van der Waals surface area contributed by atoms with E-state index in [9.17, 15) is 14.4 Å². The highest BCUT2D eigenvalue weighted by Crippen LogP contribution is 1.83. The lowest BCUT2D eigenvalue weighted by Gasteiger charge is -2.06. The molecule has 0 aromatic carbocycles. The van der Waals surface area contributed by atoms with Crippen molar-refractivity contribution in [1.29, 1.82) is 0 Å². The molecule has 0 saturated carbocycles. The molecule has 0 rings (SSSR count). The lowest BCUT2D eigenvalue weighted by molar-refractivity contribution is -0.143. The summed E-state index contributed by atoms with van der Waals surface area (Å²) in [6.07, 6.45) is -0.453. The third kappa shape index (κ3) is 8.85. The fraction of sp³-hybridized carbons (Fsp3) is 0.625. The van der Waals surface area contributed by atoms with E-state index < -0.39 is 19.7 Å². The molecule has 0 aliphatic rings. The van der Waals surface area contributed by atoms with E-state index in [-0.39, 0.29) is 25.5 Å². The van der Waals surface area contributed by atoms with E-state index in [0.29, 0.717) is 0 Å². The molecule has 1 N–H and O–H groups in total. The van der Waals surface area contributed by atoms with Gasteiger partial charge in [0.15, 0.2) is 0 Å². The number of nitrogens with one attached hydrogen (secondary N) is 1. The summed E-state index contributed by atoms with van der Waals surface area (Å²) >= 11 is 0. The van der Waals surface area contributed by atoms with Crippen molar-refractivity contribution in [3.8, 4) is 0 Å². The molecule has 0 aliphatic heterocycles. The average molecular weight is 231 g/mol. The summed E-state index contributed by atoms with van der Waals surface area (Å²) < 4.78 is 13.5. The van der Waals surface area contributed by atoms with Crippen molar-refractivity contribution in [2.45, 2.75) is 20.3 Å². The highest BCUT2D eigenvalue weighted by Gasteiger charge is 2.05. The minimum Gasteiger partial charge on any atom is -0.502 e. The van der Waals surface area contributed by atoms with Crippen LogP contribution in [0.25, 0.3) is 0 Å². The molecule has 0 unspecified atom stereocenters. The van der Waals surface area contributed by atoms with Gasteiger partial charge in [-0.1, -0.05) is 6.92 Å². The maximum absolute atomic E-state index is 10.9. The summed E-state index contributed by atoms with van der Waals surface area (Å²) in [6, 6.07) is 0. The zero-order valence-corrected chi connectivity index (χ0v) is 9.28. The molecule has 0 saturated heterocycles. The molecule has 0 radical (unpaired) electrons. The number of hydrogen-bond donors (Lipinski definition) is 1. The van der Waals surface area contributed by atoms with E-state index in [4.69, 9.17) is 0 Å². The van der Waals surface area contributed by atoms with Crippen molar-refractivity contribution in [3.05, 3.63) is 0 Å². The number of hydrogen-bond acceptors (Lipinski definition) is 6. The predicted molar refractivity (Wildman–Crippen MR) is 54.6 cm³/mol. The minimum absolute atomic E-state index is 0.0787. The molecule has 16 heavy (non-hydrogen) atoms. The summed E-state index contributed by atoms with van der Waals surface area (Å²) in [4.78, 5) is 31.9. The Balaban J connectivity index is 3.37. The van der Waals surface area contributed by atoms with Gasteiger partial charge in [0, 0.05) is 13.3 Å². The second-order valence-corrected chi connectivity index (χ2v) is 2.69. The molecule has 0 aromatic rings. The molecule has 0 spiro atoms. The van der Waals surface area contributed by atoms with Crippen molar-refractivity contribution < 1.29 is 28.4 Å². The Morgan fingerprint density at radius 1 is 1.25 bits per heavy atom. The molecule has 7 nitrogen and oxygen atoms in total. The van der Waals surface area contributed by atoms with E-state index >= 15 is 0 Å². The normalized spacial score (nSPS) is 8.88. The molecule has 1 amide bonds.